The fourth-order valence-corrected chi connectivity index (χ4v) is 2.19. The third-order valence-corrected chi connectivity index (χ3v) is 3.24. The molecule has 0 saturated heterocycles. The number of carbonyl (C=O) groups excluding carboxylic acids is 1. The molecular formula is C14H16FNO3. The second kappa shape index (κ2) is 5.01. The minimum atomic E-state index is -0.898. The van der Waals surface area contributed by atoms with Crippen LogP contribution < -0.4 is 0 Å². The van der Waals surface area contributed by atoms with Crippen molar-refractivity contribution in [2.75, 3.05) is 7.11 Å². The number of hydrogen-bond acceptors (Lipinski definition) is 3. The molecule has 2 rings (SSSR count). The number of hydrogen-bond donors (Lipinski definition) is 2. The normalized spacial score (nSPS) is 12.7. The van der Waals surface area contributed by atoms with Crippen molar-refractivity contribution in [3.05, 3.63) is 34.8 Å². The van der Waals surface area contributed by atoms with Gasteiger partial charge < -0.3 is 14.8 Å². The third-order valence-electron chi connectivity index (χ3n) is 3.24. The van der Waals surface area contributed by atoms with Crippen LogP contribution in [0.3, 0.4) is 0 Å². The minimum absolute atomic E-state index is 0.118. The van der Waals surface area contributed by atoms with Gasteiger partial charge in [-0.25, -0.2) is 4.39 Å². The molecule has 0 radical (unpaired) electrons. The lowest BCUT2D eigenvalue weighted by molar-refractivity contribution is -0.139. The van der Waals surface area contributed by atoms with Gasteiger partial charge >= 0.3 is 5.97 Å². The van der Waals surface area contributed by atoms with E-state index < -0.39 is 11.9 Å². The Hall–Kier alpha value is -1.88. The molecule has 0 amide bonds. The first-order valence-electron chi connectivity index (χ1n) is 5.99. The van der Waals surface area contributed by atoms with E-state index in [0.717, 1.165) is 16.6 Å². The van der Waals surface area contributed by atoms with Crippen molar-refractivity contribution in [1.82, 2.24) is 4.98 Å². The van der Waals surface area contributed by atoms with Crippen LogP contribution in [0.1, 0.15) is 29.8 Å². The molecule has 1 atom stereocenters. The molecule has 4 nitrogen and oxygen atoms in total. The number of benzene rings is 1. The fourth-order valence-electron chi connectivity index (χ4n) is 2.19. The van der Waals surface area contributed by atoms with Crippen LogP contribution in [0.5, 0.6) is 0 Å². The van der Waals surface area contributed by atoms with Gasteiger partial charge in [0, 0.05) is 22.2 Å². The van der Waals surface area contributed by atoms with E-state index in [1.807, 2.05) is 6.92 Å². The van der Waals surface area contributed by atoms with Crippen LogP contribution in [0, 0.1) is 12.7 Å². The van der Waals surface area contributed by atoms with Gasteiger partial charge in [-0.2, -0.15) is 0 Å². The topological polar surface area (TPSA) is 62.3 Å². The Morgan fingerprint density at radius 2 is 2.21 bits per heavy atom. The van der Waals surface area contributed by atoms with Gasteiger partial charge in [-0.05, 0) is 31.5 Å². The summed E-state index contributed by atoms with van der Waals surface area (Å²) in [5, 5.41) is 10.3. The molecule has 0 bridgehead atoms. The van der Waals surface area contributed by atoms with Crippen LogP contribution in [0.4, 0.5) is 4.39 Å². The molecule has 1 aromatic carbocycles. The predicted octanol–water partition coefficient (Wildman–Crippen LogP) is 2.38. The molecule has 1 unspecified atom stereocenters. The van der Waals surface area contributed by atoms with Crippen LogP contribution in [0.2, 0.25) is 0 Å². The number of aryl methyl sites for hydroxylation is 1. The number of aromatic nitrogens is 1. The number of nitrogens with one attached hydrogen (secondary N) is 1. The number of aliphatic hydroxyl groups is 1. The summed E-state index contributed by atoms with van der Waals surface area (Å²) in [6.45, 7) is 3.32. The highest BCUT2D eigenvalue weighted by Gasteiger charge is 2.17. The van der Waals surface area contributed by atoms with E-state index in [9.17, 15) is 14.3 Å². The summed E-state index contributed by atoms with van der Waals surface area (Å²) >= 11 is 0. The van der Waals surface area contributed by atoms with Crippen LogP contribution in [-0.2, 0) is 16.0 Å². The van der Waals surface area contributed by atoms with Crippen molar-refractivity contribution in [2.24, 2.45) is 0 Å². The Bertz CT molecular complexity index is 631. The highest BCUT2D eigenvalue weighted by atomic mass is 19.1. The molecule has 0 saturated carbocycles. The number of ether oxygens (including phenoxy) is 1. The van der Waals surface area contributed by atoms with E-state index in [0.29, 0.717) is 5.52 Å². The number of halogens is 1. The highest BCUT2D eigenvalue weighted by Crippen LogP contribution is 2.28. The molecule has 19 heavy (non-hydrogen) atoms. The number of H-pyrrole nitrogens is 1. The molecule has 2 aromatic rings. The monoisotopic (exact) mass is 265 g/mol. The van der Waals surface area contributed by atoms with Gasteiger partial charge in [0.2, 0.25) is 0 Å². The molecule has 102 valence electrons. The molecular weight excluding hydrogens is 249 g/mol. The van der Waals surface area contributed by atoms with Crippen LogP contribution in [-0.4, -0.2) is 23.2 Å². The molecule has 0 aliphatic rings. The standard InChI is InChI=1S/C14H16FNO3/c1-7-9(5-14(18)19-3)11-4-10(8(2)17)12(15)6-13(11)16-7/h4,6,8,16-17H,5H2,1-3H3. The van der Waals surface area contributed by atoms with Crippen LogP contribution >= 0.6 is 0 Å². The average molecular weight is 265 g/mol. The summed E-state index contributed by atoms with van der Waals surface area (Å²) in [5.74, 6) is -0.819. The van der Waals surface area contributed by atoms with Gasteiger partial charge in [-0.3, -0.25) is 4.79 Å². The van der Waals surface area contributed by atoms with E-state index >= 15 is 0 Å². The van der Waals surface area contributed by atoms with Gasteiger partial charge in [0.25, 0.3) is 0 Å². The number of aliphatic hydroxyl groups excluding tert-OH is 1. The maximum Gasteiger partial charge on any atom is 0.310 e. The third kappa shape index (κ3) is 2.46. The number of rotatable bonds is 3. The lowest BCUT2D eigenvalue weighted by Crippen LogP contribution is -2.05. The Labute approximate surface area is 110 Å². The molecule has 0 spiro atoms. The highest BCUT2D eigenvalue weighted by molar-refractivity contribution is 5.89. The Morgan fingerprint density at radius 1 is 1.53 bits per heavy atom. The Kier molecular flexibility index (Phi) is 3.57. The predicted molar refractivity (Wildman–Crippen MR) is 69.3 cm³/mol. The quantitative estimate of drug-likeness (QED) is 0.838. The number of aromatic amines is 1. The number of carbonyl (C=O) groups is 1. The molecule has 2 N–H and O–H groups in total. The SMILES string of the molecule is COC(=O)Cc1c(C)[nH]c2cc(F)c(C(C)O)cc12. The van der Waals surface area contributed by atoms with Crippen molar-refractivity contribution in [2.45, 2.75) is 26.4 Å². The summed E-state index contributed by atoms with van der Waals surface area (Å²) in [4.78, 5) is 14.4. The van der Waals surface area contributed by atoms with E-state index in [1.54, 1.807) is 6.07 Å². The largest absolute Gasteiger partial charge is 0.469 e. The zero-order valence-corrected chi connectivity index (χ0v) is 11.1. The van der Waals surface area contributed by atoms with Crippen molar-refractivity contribution >= 4 is 16.9 Å². The first-order valence-corrected chi connectivity index (χ1v) is 5.99. The van der Waals surface area contributed by atoms with Crippen molar-refractivity contribution in [3.8, 4) is 0 Å². The summed E-state index contributed by atoms with van der Waals surface area (Å²) in [6.07, 6.45) is -0.779. The summed E-state index contributed by atoms with van der Waals surface area (Å²) in [7, 11) is 1.33. The zero-order valence-electron chi connectivity index (χ0n) is 11.1. The smallest absolute Gasteiger partial charge is 0.310 e. The van der Waals surface area contributed by atoms with E-state index in [1.165, 1.54) is 20.1 Å². The molecule has 1 heterocycles. The summed E-state index contributed by atoms with van der Waals surface area (Å²) in [5.41, 5.74) is 2.39. The fraction of sp³-hybridized carbons (Fsp3) is 0.357. The Morgan fingerprint density at radius 3 is 2.79 bits per heavy atom. The van der Waals surface area contributed by atoms with Crippen LogP contribution in [0.15, 0.2) is 12.1 Å². The number of methoxy groups -OCH3 is 1. The van der Waals surface area contributed by atoms with Crippen molar-refractivity contribution in [1.29, 1.82) is 0 Å². The lowest BCUT2D eigenvalue weighted by Gasteiger charge is -2.07. The maximum atomic E-state index is 13.8. The van der Waals surface area contributed by atoms with Gasteiger partial charge in [-0.1, -0.05) is 0 Å². The summed E-state index contributed by atoms with van der Waals surface area (Å²) < 4.78 is 18.4. The average Bonchev–Trinajstić information content (AvgIpc) is 2.63. The van der Waals surface area contributed by atoms with Gasteiger partial charge in [0.05, 0.1) is 19.6 Å². The summed E-state index contributed by atoms with van der Waals surface area (Å²) in [6, 6.07) is 2.92. The first kappa shape index (κ1) is 13.5. The molecule has 5 heteroatoms. The van der Waals surface area contributed by atoms with Crippen LogP contribution in [0.25, 0.3) is 10.9 Å². The first-order chi connectivity index (χ1) is 8.93. The second-order valence-corrected chi connectivity index (χ2v) is 4.58. The maximum absolute atomic E-state index is 13.8. The lowest BCUT2D eigenvalue weighted by atomic mass is 10.0. The second-order valence-electron chi connectivity index (χ2n) is 4.58. The van der Waals surface area contributed by atoms with Gasteiger partial charge in [0.1, 0.15) is 5.82 Å². The van der Waals surface area contributed by atoms with Crippen molar-refractivity contribution < 1.29 is 19.0 Å². The minimum Gasteiger partial charge on any atom is -0.469 e. The molecule has 1 aromatic heterocycles. The number of esters is 1. The van der Waals surface area contributed by atoms with Gasteiger partial charge in [0.15, 0.2) is 0 Å². The van der Waals surface area contributed by atoms with E-state index in [2.05, 4.69) is 9.72 Å². The van der Waals surface area contributed by atoms with Crippen molar-refractivity contribution in [3.63, 3.8) is 0 Å². The number of fused-ring (bicyclic) bond motifs is 1. The van der Waals surface area contributed by atoms with E-state index in [-0.39, 0.29) is 18.0 Å². The van der Waals surface area contributed by atoms with Gasteiger partial charge in [-0.15, -0.1) is 0 Å². The molecule has 0 aliphatic heterocycles. The van der Waals surface area contributed by atoms with E-state index in [4.69, 9.17) is 0 Å². The molecule has 0 aliphatic carbocycles. The molecule has 0 fully saturated rings. The zero-order chi connectivity index (χ0) is 14.2. The Balaban J connectivity index is 2.60.